The molecule has 2 atom stereocenters. The summed E-state index contributed by atoms with van der Waals surface area (Å²) < 4.78 is 22.8. The number of carboxylic acid groups (broad SMARTS) is 1. The van der Waals surface area contributed by atoms with Gasteiger partial charge >= 0.3 is 17.9 Å². The molecule has 2 unspecified atom stereocenters. The zero-order chi connectivity index (χ0) is 43.5. The number of aliphatic carboxylic acids is 1. The molecule has 1 N–H and O–H groups in total. The van der Waals surface area contributed by atoms with E-state index in [2.05, 4.69) is 13.8 Å². The first kappa shape index (κ1) is 57.3. The molecular weight excluding hydrogens is 743 g/mol. The second-order valence-corrected chi connectivity index (χ2v) is 18.5. The number of ether oxygens (including phenoxy) is 4. The number of carbonyl (C=O) groups excluding carboxylic acids is 2. The molecule has 0 amide bonds. The number of hydrogen-bond acceptors (Lipinski definition) is 7. The van der Waals surface area contributed by atoms with E-state index in [1.54, 1.807) is 0 Å². The van der Waals surface area contributed by atoms with Crippen molar-refractivity contribution in [2.45, 2.75) is 257 Å². The second-order valence-electron chi connectivity index (χ2n) is 18.5. The predicted molar refractivity (Wildman–Crippen MR) is 245 cm³/mol. The SMILES string of the molecule is CCCCCCCCCCCCCCCCCCCCCCCCCC(=O)OC(COC(=O)CCCCCCCCCCCCC)COC(OCC[N+](C)(C)C)C(=O)O. The minimum absolute atomic E-state index is 0.173. The molecule has 0 aromatic heterocycles. The highest BCUT2D eigenvalue weighted by atomic mass is 16.7. The van der Waals surface area contributed by atoms with Crippen molar-refractivity contribution in [2.24, 2.45) is 0 Å². The van der Waals surface area contributed by atoms with Crippen LogP contribution in [0.5, 0.6) is 0 Å². The zero-order valence-electron chi connectivity index (χ0n) is 39.7. The van der Waals surface area contributed by atoms with Crippen LogP contribution in [0.3, 0.4) is 0 Å². The maximum Gasteiger partial charge on any atom is 0.361 e. The summed E-state index contributed by atoms with van der Waals surface area (Å²) in [5.41, 5.74) is 0. The highest BCUT2D eigenvalue weighted by Crippen LogP contribution is 2.17. The van der Waals surface area contributed by atoms with Gasteiger partial charge in [0.05, 0.1) is 34.4 Å². The maximum atomic E-state index is 12.8. The summed E-state index contributed by atoms with van der Waals surface area (Å²) >= 11 is 0. The van der Waals surface area contributed by atoms with Crippen molar-refractivity contribution in [3.05, 3.63) is 0 Å². The molecule has 0 bridgehead atoms. The van der Waals surface area contributed by atoms with E-state index in [0.717, 1.165) is 38.5 Å². The largest absolute Gasteiger partial charge is 0.477 e. The molecule has 0 heterocycles. The fourth-order valence-corrected chi connectivity index (χ4v) is 7.43. The molecule has 0 aromatic rings. The van der Waals surface area contributed by atoms with Crippen molar-refractivity contribution in [2.75, 3.05) is 47.5 Å². The molecule has 0 aromatic carbocycles. The smallest absolute Gasteiger partial charge is 0.361 e. The van der Waals surface area contributed by atoms with Crippen LogP contribution in [0.1, 0.15) is 245 Å². The Kier molecular flexibility index (Phi) is 41.7. The van der Waals surface area contributed by atoms with Crippen molar-refractivity contribution < 1.29 is 42.9 Å². The van der Waals surface area contributed by atoms with Crippen molar-refractivity contribution in [1.82, 2.24) is 0 Å². The van der Waals surface area contributed by atoms with Crippen LogP contribution in [0.15, 0.2) is 0 Å². The van der Waals surface area contributed by atoms with Crippen LogP contribution >= 0.6 is 0 Å². The Morgan fingerprint density at radius 1 is 0.441 bits per heavy atom. The van der Waals surface area contributed by atoms with Crippen LogP contribution < -0.4 is 0 Å². The molecule has 0 saturated carbocycles. The molecule has 0 aliphatic heterocycles. The molecule has 59 heavy (non-hydrogen) atoms. The Labute approximate surface area is 364 Å². The summed E-state index contributed by atoms with van der Waals surface area (Å²) in [5.74, 6) is -1.98. The van der Waals surface area contributed by atoms with Gasteiger partial charge in [0.25, 0.3) is 6.29 Å². The molecule has 0 fully saturated rings. The molecule has 0 aliphatic carbocycles. The molecule has 0 rings (SSSR count). The van der Waals surface area contributed by atoms with E-state index in [4.69, 9.17) is 18.9 Å². The van der Waals surface area contributed by atoms with E-state index in [1.807, 2.05) is 21.1 Å². The van der Waals surface area contributed by atoms with Gasteiger partial charge in [-0.05, 0) is 12.8 Å². The molecule has 9 heteroatoms. The Balaban J connectivity index is 4.21. The van der Waals surface area contributed by atoms with Crippen LogP contribution in [0, 0.1) is 0 Å². The lowest BCUT2D eigenvalue weighted by Gasteiger charge is -2.25. The van der Waals surface area contributed by atoms with E-state index in [0.29, 0.717) is 17.4 Å². The second kappa shape index (κ2) is 43.0. The van der Waals surface area contributed by atoms with E-state index >= 15 is 0 Å². The monoisotopic (exact) mass is 841 g/mol. The number of unbranched alkanes of at least 4 members (excludes halogenated alkanes) is 32. The normalized spacial score (nSPS) is 12.8. The van der Waals surface area contributed by atoms with E-state index in [1.165, 1.54) is 180 Å². The minimum Gasteiger partial charge on any atom is -0.477 e. The third-order valence-electron chi connectivity index (χ3n) is 11.4. The standard InChI is InChI=1S/C50H97NO8/c1-6-8-10-12-14-16-18-19-20-21-22-23-24-25-26-27-28-29-31-33-35-37-39-41-48(53)59-46(45-58-50(49(54)55)56-43-42-51(3,4)5)44-57-47(52)40-38-36-34-32-30-17-15-13-11-9-7-2/h46,50H,6-45H2,1-5H3/p+1. The first-order valence-corrected chi connectivity index (χ1v) is 25.2. The van der Waals surface area contributed by atoms with Gasteiger partial charge in [0, 0.05) is 12.8 Å². The van der Waals surface area contributed by atoms with Gasteiger partial charge < -0.3 is 28.5 Å². The zero-order valence-corrected chi connectivity index (χ0v) is 39.7. The fourth-order valence-electron chi connectivity index (χ4n) is 7.43. The summed E-state index contributed by atoms with van der Waals surface area (Å²) in [4.78, 5) is 37.1. The van der Waals surface area contributed by atoms with Gasteiger partial charge in [-0.25, -0.2) is 4.79 Å². The van der Waals surface area contributed by atoms with Gasteiger partial charge in [0.2, 0.25) is 0 Å². The van der Waals surface area contributed by atoms with E-state index in [9.17, 15) is 19.5 Å². The average Bonchev–Trinajstić information content (AvgIpc) is 3.19. The Bertz CT molecular complexity index is 938. The molecule has 0 spiro atoms. The summed E-state index contributed by atoms with van der Waals surface area (Å²) in [6.07, 6.45) is 41.7. The third-order valence-corrected chi connectivity index (χ3v) is 11.4. The molecule has 0 radical (unpaired) electrons. The number of likely N-dealkylation sites (N-methyl/N-ethyl adjacent to an activating group) is 1. The topological polar surface area (TPSA) is 108 Å². The van der Waals surface area contributed by atoms with Crippen LogP contribution in [-0.2, 0) is 33.3 Å². The lowest BCUT2D eigenvalue weighted by Crippen LogP contribution is -2.40. The number of carboxylic acids is 1. The summed E-state index contributed by atoms with van der Waals surface area (Å²) in [6, 6.07) is 0. The van der Waals surface area contributed by atoms with Crippen LogP contribution in [-0.4, -0.2) is 87.4 Å². The highest BCUT2D eigenvalue weighted by Gasteiger charge is 2.25. The number of quaternary nitrogens is 1. The molecule has 0 saturated heterocycles. The van der Waals surface area contributed by atoms with Crippen LogP contribution in [0.25, 0.3) is 0 Å². The molecular formula is C50H98NO8+. The number of esters is 2. The fraction of sp³-hybridized carbons (Fsp3) is 0.940. The lowest BCUT2D eigenvalue weighted by molar-refractivity contribution is -0.870. The quantitative estimate of drug-likeness (QED) is 0.0279. The number of carbonyl (C=O) groups is 3. The first-order valence-electron chi connectivity index (χ1n) is 25.2. The Morgan fingerprint density at radius 3 is 1.08 bits per heavy atom. The minimum atomic E-state index is -1.50. The molecule has 350 valence electrons. The molecule has 9 nitrogen and oxygen atoms in total. The molecule has 0 aliphatic rings. The maximum absolute atomic E-state index is 12.8. The van der Waals surface area contributed by atoms with Crippen LogP contribution in [0.2, 0.25) is 0 Å². The predicted octanol–water partition coefficient (Wildman–Crippen LogP) is 13.7. The highest BCUT2D eigenvalue weighted by molar-refractivity contribution is 5.71. The van der Waals surface area contributed by atoms with Crippen LogP contribution in [0.4, 0.5) is 0 Å². The van der Waals surface area contributed by atoms with Gasteiger partial charge in [0.15, 0.2) is 6.10 Å². The first-order chi connectivity index (χ1) is 28.6. The number of nitrogens with zero attached hydrogens (tertiary/aromatic N) is 1. The summed E-state index contributed by atoms with van der Waals surface area (Å²) in [6.45, 7) is 4.91. The average molecular weight is 841 g/mol. The summed E-state index contributed by atoms with van der Waals surface area (Å²) in [5, 5.41) is 9.64. The van der Waals surface area contributed by atoms with Crippen molar-refractivity contribution >= 4 is 17.9 Å². The van der Waals surface area contributed by atoms with E-state index < -0.39 is 18.4 Å². The van der Waals surface area contributed by atoms with E-state index in [-0.39, 0.29) is 38.2 Å². The number of rotatable bonds is 47. The third kappa shape index (κ3) is 44.2. The van der Waals surface area contributed by atoms with Gasteiger partial charge in [-0.3, -0.25) is 9.59 Å². The number of hydrogen-bond donors (Lipinski definition) is 1. The van der Waals surface area contributed by atoms with Gasteiger partial charge in [-0.2, -0.15) is 0 Å². The van der Waals surface area contributed by atoms with Gasteiger partial charge in [0.1, 0.15) is 13.2 Å². The van der Waals surface area contributed by atoms with Crippen molar-refractivity contribution in [3.8, 4) is 0 Å². The Morgan fingerprint density at radius 2 is 0.763 bits per heavy atom. The van der Waals surface area contributed by atoms with Gasteiger partial charge in [-0.15, -0.1) is 0 Å². The van der Waals surface area contributed by atoms with Crippen molar-refractivity contribution in [1.29, 1.82) is 0 Å². The van der Waals surface area contributed by atoms with Crippen molar-refractivity contribution in [3.63, 3.8) is 0 Å². The lowest BCUT2D eigenvalue weighted by atomic mass is 10.0. The van der Waals surface area contributed by atoms with Gasteiger partial charge in [-0.1, -0.05) is 219 Å². The summed E-state index contributed by atoms with van der Waals surface area (Å²) in [7, 11) is 5.97. The Hall–Kier alpha value is -1.71.